The highest BCUT2D eigenvalue weighted by atomic mass is 19.1. The molecular formula is C38H47F. The van der Waals surface area contributed by atoms with E-state index in [0.717, 1.165) is 17.4 Å². The molecule has 0 heterocycles. The van der Waals surface area contributed by atoms with E-state index in [-0.39, 0.29) is 5.82 Å². The first-order chi connectivity index (χ1) is 19.1. The fourth-order valence-electron chi connectivity index (χ4n) is 7.34. The van der Waals surface area contributed by atoms with Gasteiger partial charge in [0.25, 0.3) is 0 Å². The van der Waals surface area contributed by atoms with E-state index in [9.17, 15) is 4.39 Å². The van der Waals surface area contributed by atoms with E-state index in [2.05, 4.69) is 80.6 Å². The van der Waals surface area contributed by atoms with Crippen molar-refractivity contribution in [2.24, 2.45) is 11.8 Å². The number of benzene rings is 3. The van der Waals surface area contributed by atoms with Crippen LogP contribution in [0, 0.1) is 17.7 Å². The molecule has 3 aromatic carbocycles. The normalized spacial score (nSPS) is 24.6. The van der Waals surface area contributed by atoms with Crippen molar-refractivity contribution in [3.63, 3.8) is 0 Å². The van der Waals surface area contributed by atoms with Gasteiger partial charge >= 0.3 is 0 Å². The minimum absolute atomic E-state index is 0.0885. The van der Waals surface area contributed by atoms with Crippen LogP contribution in [0.15, 0.2) is 72.8 Å². The average Bonchev–Trinajstić information content (AvgIpc) is 2.98. The summed E-state index contributed by atoms with van der Waals surface area (Å²) in [7, 11) is 0. The monoisotopic (exact) mass is 522 g/mol. The first kappa shape index (κ1) is 27.9. The molecule has 5 rings (SSSR count). The summed E-state index contributed by atoms with van der Waals surface area (Å²) in [5.41, 5.74) is 5.95. The minimum Gasteiger partial charge on any atom is -0.206 e. The summed E-state index contributed by atoms with van der Waals surface area (Å²) in [6.07, 6.45) is 18.2. The molecule has 3 aromatic rings. The van der Waals surface area contributed by atoms with Crippen LogP contribution >= 0.6 is 0 Å². The summed E-state index contributed by atoms with van der Waals surface area (Å²) in [4.78, 5) is 0. The van der Waals surface area contributed by atoms with E-state index in [1.807, 2.05) is 12.1 Å². The van der Waals surface area contributed by atoms with Crippen molar-refractivity contribution in [2.75, 3.05) is 0 Å². The van der Waals surface area contributed by atoms with Crippen LogP contribution in [0.2, 0.25) is 0 Å². The second-order valence-electron chi connectivity index (χ2n) is 12.6. The summed E-state index contributed by atoms with van der Waals surface area (Å²) in [5, 5.41) is 0. The van der Waals surface area contributed by atoms with Gasteiger partial charge < -0.3 is 0 Å². The third-order valence-electron chi connectivity index (χ3n) is 9.81. The predicted molar refractivity (Wildman–Crippen MR) is 166 cm³/mol. The zero-order valence-electron chi connectivity index (χ0n) is 24.1. The number of rotatable bonds is 9. The molecule has 0 aromatic heterocycles. The van der Waals surface area contributed by atoms with E-state index in [4.69, 9.17) is 0 Å². The Labute approximate surface area is 236 Å². The molecule has 0 unspecified atom stereocenters. The summed E-state index contributed by atoms with van der Waals surface area (Å²) in [6.45, 7) is 4.66. The molecule has 0 saturated heterocycles. The van der Waals surface area contributed by atoms with Gasteiger partial charge in [0, 0.05) is 5.56 Å². The maximum Gasteiger partial charge on any atom is 0.130 e. The smallest absolute Gasteiger partial charge is 0.130 e. The molecule has 0 nitrogen and oxygen atoms in total. The molecular weight excluding hydrogens is 475 g/mol. The number of halogens is 1. The molecule has 0 bridgehead atoms. The summed E-state index contributed by atoms with van der Waals surface area (Å²) in [5.74, 6) is 3.48. The molecule has 0 N–H and O–H groups in total. The highest BCUT2D eigenvalue weighted by molar-refractivity contribution is 5.70. The fourth-order valence-corrected chi connectivity index (χ4v) is 7.34. The lowest BCUT2D eigenvalue weighted by Crippen LogP contribution is -2.15. The predicted octanol–water partition coefficient (Wildman–Crippen LogP) is 11.5. The molecule has 2 saturated carbocycles. The lowest BCUT2D eigenvalue weighted by Gasteiger charge is -2.30. The Bertz CT molecular complexity index is 1180. The third-order valence-corrected chi connectivity index (χ3v) is 9.81. The van der Waals surface area contributed by atoms with Crippen molar-refractivity contribution in [2.45, 2.75) is 102 Å². The maximum absolute atomic E-state index is 15.0. The van der Waals surface area contributed by atoms with Crippen LogP contribution in [-0.4, -0.2) is 0 Å². The number of hydrogen-bond donors (Lipinski definition) is 0. The van der Waals surface area contributed by atoms with Crippen molar-refractivity contribution in [1.82, 2.24) is 0 Å². The van der Waals surface area contributed by atoms with Gasteiger partial charge in [0.1, 0.15) is 5.82 Å². The van der Waals surface area contributed by atoms with Gasteiger partial charge in [0.2, 0.25) is 0 Å². The molecule has 206 valence electrons. The SMILES string of the molecule is CCCC1CCC(c2ccc(C=Cc3ccc(C4CCC(C[C@H](C)c5ccccc5)CC4)cc3)c(F)c2)CC1. The highest BCUT2D eigenvalue weighted by Crippen LogP contribution is 2.40. The summed E-state index contributed by atoms with van der Waals surface area (Å²) in [6, 6.07) is 25.9. The Morgan fingerprint density at radius 2 is 1.33 bits per heavy atom. The van der Waals surface area contributed by atoms with Crippen LogP contribution in [0.5, 0.6) is 0 Å². The van der Waals surface area contributed by atoms with E-state index in [1.165, 1.54) is 87.3 Å². The van der Waals surface area contributed by atoms with Crippen molar-refractivity contribution in [3.05, 3.63) is 106 Å². The van der Waals surface area contributed by atoms with Crippen LogP contribution in [0.3, 0.4) is 0 Å². The molecule has 2 aliphatic rings. The number of hydrogen-bond acceptors (Lipinski definition) is 0. The van der Waals surface area contributed by atoms with Crippen LogP contribution in [-0.2, 0) is 0 Å². The van der Waals surface area contributed by atoms with Crippen molar-refractivity contribution in [3.8, 4) is 0 Å². The second kappa shape index (κ2) is 13.6. The molecule has 0 radical (unpaired) electrons. The first-order valence-corrected chi connectivity index (χ1v) is 15.7. The van der Waals surface area contributed by atoms with Crippen LogP contribution in [0.1, 0.15) is 130 Å². The van der Waals surface area contributed by atoms with E-state index >= 15 is 0 Å². The Hall–Kier alpha value is -2.67. The lowest BCUT2D eigenvalue weighted by molar-refractivity contribution is 0.297. The Morgan fingerprint density at radius 3 is 1.97 bits per heavy atom. The molecule has 2 aliphatic carbocycles. The van der Waals surface area contributed by atoms with Crippen molar-refractivity contribution < 1.29 is 4.39 Å². The second-order valence-corrected chi connectivity index (χ2v) is 12.6. The zero-order valence-corrected chi connectivity index (χ0v) is 24.1. The molecule has 0 aliphatic heterocycles. The van der Waals surface area contributed by atoms with Gasteiger partial charge in [-0.25, -0.2) is 4.39 Å². The quantitative estimate of drug-likeness (QED) is 0.245. The van der Waals surface area contributed by atoms with Gasteiger partial charge in [-0.05, 0) is 116 Å². The highest BCUT2D eigenvalue weighted by Gasteiger charge is 2.24. The van der Waals surface area contributed by atoms with Crippen molar-refractivity contribution in [1.29, 1.82) is 0 Å². The third kappa shape index (κ3) is 7.50. The summed E-state index contributed by atoms with van der Waals surface area (Å²) < 4.78 is 15.0. The van der Waals surface area contributed by atoms with Gasteiger partial charge in [-0.2, -0.15) is 0 Å². The van der Waals surface area contributed by atoms with E-state index in [1.54, 1.807) is 6.07 Å². The fraction of sp³-hybridized carbons (Fsp3) is 0.474. The molecule has 1 atom stereocenters. The maximum atomic E-state index is 15.0. The van der Waals surface area contributed by atoms with Crippen LogP contribution in [0.4, 0.5) is 4.39 Å². The first-order valence-electron chi connectivity index (χ1n) is 15.7. The standard InChI is InChI=1S/C38H47F/c1-3-7-29-10-19-35(20-11-29)37-25-24-36(38(39)27-37)23-14-30-12-17-33(18-13-30)34-21-15-31(16-22-34)26-28(2)32-8-5-4-6-9-32/h4-6,8-9,12-14,17-18,23-25,27-29,31,34-35H,3,7,10-11,15-16,19-22,26H2,1-2H3/t28-,29?,31?,34?,35?/m0/s1. The minimum atomic E-state index is -0.0885. The van der Waals surface area contributed by atoms with E-state index < -0.39 is 0 Å². The summed E-state index contributed by atoms with van der Waals surface area (Å²) >= 11 is 0. The van der Waals surface area contributed by atoms with Gasteiger partial charge in [0.15, 0.2) is 0 Å². The van der Waals surface area contributed by atoms with E-state index in [0.29, 0.717) is 23.3 Å². The van der Waals surface area contributed by atoms with Gasteiger partial charge in [-0.1, -0.05) is 106 Å². The largest absolute Gasteiger partial charge is 0.206 e. The Balaban J connectivity index is 1.11. The van der Waals surface area contributed by atoms with Crippen molar-refractivity contribution >= 4 is 12.2 Å². The molecule has 1 heteroatoms. The lowest BCUT2D eigenvalue weighted by atomic mass is 9.75. The average molecular weight is 523 g/mol. The van der Waals surface area contributed by atoms with Gasteiger partial charge in [-0.3, -0.25) is 0 Å². The van der Waals surface area contributed by atoms with Gasteiger partial charge in [0.05, 0.1) is 0 Å². The van der Waals surface area contributed by atoms with Crippen LogP contribution in [0.25, 0.3) is 12.2 Å². The Kier molecular flexibility index (Phi) is 9.72. The topological polar surface area (TPSA) is 0 Å². The van der Waals surface area contributed by atoms with Crippen LogP contribution < -0.4 is 0 Å². The Morgan fingerprint density at radius 1 is 0.718 bits per heavy atom. The van der Waals surface area contributed by atoms with Gasteiger partial charge in [-0.15, -0.1) is 0 Å². The molecule has 2 fully saturated rings. The molecule has 0 spiro atoms. The molecule has 39 heavy (non-hydrogen) atoms. The zero-order chi connectivity index (χ0) is 27.0. The molecule has 0 amide bonds.